The van der Waals surface area contributed by atoms with Gasteiger partial charge < -0.3 is 15.7 Å². The van der Waals surface area contributed by atoms with Crippen molar-refractivity contribution >= 4 is 5.91 Å². The van der Waals surface area contributed by atoms with Crippen LogP contribution in [0.1, 0.15) is 20.8 Å². The van der Waals surface area contributed by atoms with Crippen LogP contribution >= 0.6 is 0 Å². The monoisotopic (exact) mass is 202 g/mol. The molecule has 0 aliphatic carbocycles. The van der Waals surface area contributed by atoms with Crippen molar-refractivity contribution in [1.82, 2.24) is 10.6 Å². The van der Waals surface area contributed by atoms with Gasteiger partial charge in [0.25, 0.3) is 0 Å². The highest BCUT2D eigenvalue weighted by Gasteiger charge is 2.22. The lowest BCUT2D eigenvalue weighted by Gasteiger charge is -2.13. The average Bonchev–Trinajstić information content (AvgIpc) is 2.63. The Bertz CT molecular complexity index is 162. The topological polar surface area (TPSA) is 61.4 Å². The third-order valence-electron chi connectivity index (χ3n) is 2.38. The molecule has 0 saturated carbocycles. The lowest BCUT2D eigenvalue weighted by atomic mass is 9.98. The Labute approximate surface area is 86.1 Å². The number of rotatable bonds is 3. The summed E-state index contributed by atoms with van der Waals surface area (Å²) >= 11 is 0. The van der Waals surface area contributed by atoms with Gasteiger partial charge in [0.2, 0.25) is 5.91 Å². The minimum Gasteiger partial charge on any atom is -0.387 e. The van der Waals surface area contributed by atoms with Crippen LogP contribution in [0, 0.1) is 11.8 Å². The van der Waals surface area contributed by atoms with E-state index < -0.39 is 6.61 Å². The Kier molecular flexibility index (Phi) is 7.42. The molecule has 0 aromatic rings. The summed E-state index contributed by atoms with van der Waals surface area (Å²) < 4.78 is 0. The van der Waals surface area contributed by atoms with Crippen LogP contribution in [0.25, 0.3) is 0 Å². The number of aliphatic hydroxyl groups excluding tert-OH is 1. The number of carbonyl (C=O) groups excluding carboxylic acids is 1. The molecule has 14 heavy (non-hydrogen) atoms. The molecule has 0 aromatic heterocycles. The zero-order chi connectivity index (χ0) is 11.0. The second-order valence-corrected chi connectivity index (χ2v) is 3.36. The molecule has 1 rings (SSSR count). The first-order valence-electron chi connectivity index (χ1n) is 5.32. The van der Waals surface area contributed by atoms with E-state index in [1.54, 1.807) is 0 Å². The maximum absolute atomic E-state index is 10.7. The van der Waals surface area contributed by atoms with Crippen LogP contribution in [0.3, 0.4) is 0 Å². The molecule has 0 aromatic carbocycles. The van der Waals surface area contributed by atoms with Gasteiger partial charge in [-0.2, -0.15) is 0 Å². The van der Waals surface area contributed by atoms with Gasteiger partial charge >= 0.3 is 0 Å². The summed E-state index contributed by atoms with van der Waals surface area (Å²) in [5, 5.41) is 14.4. The molecular formula is C10H22N2O2. The molecule has 1 fully saturated rings. The van der Waals surface area contributed by atoms with Gasteiger partial charge in [-0.25, -0.2) is 0 Å². The normalized spacial score (nSPS) is 25.1. The van der Waals surface area contributed by atoms with Crippen molar-refractivity contribution in [2.75, 3.05) is 26.2 Å². The fourth-order valence-corrected chi connectivity index (χ4v) is 1.44. The fraction of sp³-hybridized carbons (Fsp3) is 0.900. The Morgan fingerprint density at radius 3 is 2.57 bits per heavy atom. The van der Waals surface area contributed by atoms with Crippen LogP contribution in [-0.4, -0.2) is 37.3 Å². The number of aliphatic hydroxyl groups is 1. The van der Waals surface area contributed by atoms with Crippen LogP contribution in [0.5, 0.6) is 0 Å². The minimum absolute atomic E-state index is 0.283. The van der Waals surface area contributed by atoms with Gasteiger partial charge in [-0.1, -0.05) is 20.8 Å². The van der Waals surface area contributed by atoms with Crippen LogP contribution in [-0.2, 0) is 4.79 Å². The van der Waals surface area contributed by atoms with Crippen molar-refractivity contribution in [2.24, 2.45) is 11.8 Å². The van der Waals surface area contributed by atoms with E-state index in [0.29, 0.717) is 18.4 Å². The minimum atomic E-state index is -0.408. The second-order valence-electron chi connectivity index (χ2n) is 3.36. The van der Waals surface area contributed by atoms with Gasteiger partial charge in [0.05, 0.1) is 0 Å². The Balaban J connectivity index is 0.000000791. The molecule has 0 bridgehead atoms. The molecule has 3 N–H and O–H groups in total. The first-order valence-corrected chi connectivity index (χ1v) is 5.32. The molecule has 1 aliphatic rings. The highest BCUT2D eigenvalue weighted by atomic mass is 16.3. The largest absolute Gasteiger partial charge is 0.387 e. The van der Waals surface area contributed by atoms with Crippen molar-refractivity contribution in [3.05, 3.63) is 0 Å². The molecule has 1 amide bonds. The molecule has 4 heteroatoms. The van der Waals surface area contributed by atoms with Gasteiger partial charge in [-0.05, 0) is 24.9 Å². The van der Waals surface area contributed by atoms with Gasteiger partial charge in [-0.3, -0.25) is 4.79 Å². The second kappa shape index (κ2) is 7.76. The fourth-order valence-electron chi connectivity index (χ4n) is 1.44. The molecule has 2 unspecified atom stereocenters. The number of amides is 1. The SMILES string of the molecule is CC.CC1CNCC1CNC(=O)CO. The lowest BCUT2D eigenvalue weighted by Crippen LogP contribution is -2.33. The summed E-state index contributed by atoms with van der Waals surface area (Å²) in [6.07, 6.45) is 0. The summed E-state index contributed by atoms with van der Waals surface area (Å²) in [4.78, 5) is 10.7. The zero-order valence-corrected chi connectivity index (χ0v) is 9.34. The average molecular weight is 202 g/mol. The first-order chi connectivity index (χ1) is 6.74. The van der Waals surface area contributed by atoms with E-state index in [9.17, 15) is 4.79 Å². The van der Waals surface area contributed by atoms with E-state index in [0.717, 1.165) is 13.1 Å². The molecule has 0 radical (unpaired) electrons. The quantitative estimate of drug-likeness (QED) is 0.602. The third kappa shape index (κ3) is 4.58. The van der Waals surface area contributed by atoms with E-state index in [4.69, 9.17) is 5.11 Å². The summed E-state index contributed by atoms with van der Waals surface area (Å²) in [5.74, 6) is 0.846. The number of nitrogens with one attached hydrogen (secondary N) is 2. The molecule has 1 aliphatic heterocycles. The molecular weight excluding hydrogens is 180 g/mol. The van der Waals surface area contributed by atoms with Gasteiger partial charge in [-0.15, -0.1) is 0 Å². The number of hydrogen-bond acceptors (Lipinski definition) is 3. The van der Waals surface area contributed by atoms with E-state index in [2.05, 4.69) is 17.6 Å². The van der Waals surface area contributed by atoms with Crippen molar-refractivity contribution in [3.63, 3.8) is 0 Å². The number of carbonyl (C=O) groups is 1. The van der Waals surface area contributed by atoms with E-state index in [1.807, 2.05) is 13.8 Å². The molecule has 1 saturated heterocycles. The van der Waals surface area contributed by atoms with E-state index >= 15 is 0 Å². The zero-order valence-electron chi connectivity index (χ0n) is 9.34. The Morgan fingerprint density at radius 1 is 1.50 bits per heavy atom. The van der Waals surface area contributed by atoms with Crippen molar-refractivity contribution in [3.8, 4) is 0 Å². The standard InChI is InChI=1S/C8H16N2O2.C2H6/c1-6-2-9-3-7(6)4-10-8(12)5-11;1-2/h6-7,9,11H,2-5H2,1H3,(H,10,12);1-2H3. The summed E-state index contributed by atoms with van der Waals surface area (Å²) in [5.41, 5.74) is 0. The van der Waals surface area contributed by atoms with Crippen LogP contribution in [0.15, 0.2) is 0 Å². The first kappa shape index (κ1) is 13.4. The van der Waals surface area contributed by atoms with Crippen molar-refractivity contribution in [2.45, 2.75) is 20.8 Å². The summed E-state index contributed by atoms with van der Waals surface area (Å²) in [6.45, 7) is 8.42. The molecule has 0 spiro atoms. The van der Waals surface area contributed by atoms with Crippen LogP contribution < -0.4 is 10.6 Å². The predicted molar refractivity (Wildman–Crippen MR) is 57.0 cm³/mol. The third-order valence-corrected chi connectivity index (χ3v) is 2.38. The maximum Gasteiger partial charge on any atom is 0.245 e. The summed E-state index contributed by atoms with van der Waals surface area (Å²) in [6, 6.07) is 0. The smallest absolute Gasteiger partial charge is 0.245 e. The maximum atomic E-state index is 10.7. The number of hydrogen-bond donors (Lipinski definition) is 3. The van der Waals surface area contributed by atoms with Crippen LogP contribution in [0.2, 0.25) is 0 Å². The summed E-state index contributed by atoms with van der Waals surface area (Å²) in [7, 11) is 0. The highest BCUT2D eigenvalue weighted by molar-refractivity contribution is 5.76. The molecule has 4 nitrogen and oxygen atoms in total. The molecule has 84 valence electrons. The molecule has 1 heterocycles. The predicted octanol–water partition coefficient (Wildman–Crippen LogP) is -0.0234. The highest BCUT2D eigenvalue weighted by Crippen LogP contribution is 2.13. The lowest BCUT2D eigenvalue weighted by molar-refractivity contribution is -0.124. The van der Waals surface area contributed by atoms with Crippen molar-refractivity contribution < 1.29 is 9.90 Å². The van der Waals surface area contributed by atoms with E-state index in [1.165, 1.54) is 0 Å². The van der Waals surface area contributed by atoms with Gasteiger partial charge in [0, 0.05) is 6.54 Å². The Hall–Kier alpha value is -0.610. The Morgan fingerprint density at radius 2 is 2.14 bits per heavy atom. The van der Waals surface area contributed by atoms with Crippen molar-refractivity contribution in [1.29, 1.82) is 0 Å². The van der Waals surface area contributed by atoms with E-state index in [-0.39, 0.29) is 5.91 Å². The van der Waals surface area contributed by atoms with Crippen LogP contribution in [0.4, 0.5) is 0 Å². The van der Waals surface area contributed by atoms with Gasteiger partial charge in [0.15, 0.2) is 0 Å². The van der Waals surface area contributed by atoms with Gasteiger partial charge in [0.1, 0.15) is 6.61 Å². The molecule has 2 atom stereocenters.